The first-order valence-corrected chi connectivity index (χ1v) is 12.6. The molecular formula is C26H28F2N8O4. The number of aliphatic hydroxyl groups is 1. The van der Waals surface area contributed by atoms with Gasteiger partial charge in [-0.15, -0.1) is 0 Å². The molecule has 2 aliphatic heterocycles. The van der Waals surface area contributed by atoms with Crippen LogP contribution in [-0.2, 0) is 22.6 Å². The first kappa shape index (κ1) is 27.1. The Bertz CT molecular complexity index is 1460. The summed E-state index contributed by atoms with van der Waals surface area (Å²) in [5.74, 6) is -2.12. The Hall–Kier alpha value is -4.46. The zero-order valence-corrected chi connectivity index (χ0v) is 22.0. The van der Waals surface area contributed by atoms with E-state index in [-0.39, 0.29) is 48.4 Å². The van der Waals surface area contributed by atoms with Gasteiger partial charge in [0.1, 0.15) is 18.0 Å². The van der Waals surface area contributed by atoms with E-state index in [4.69, 9.17) is 4.74 Å². The molecule has 12 nitrogen and oxygen atoms in total. The fourth-order valence-corrected chi connectivity index (χ4v) is 4.88. The number of benzene rings is 1. The zero-order chi connectivity index (χ0) is 28.7. The monoisotopic (exact) mass is 554 g/mol. The molecule has 210 valence electrons. The Labute approximate surface area is 228 Å². The number of hydrogen-bond donors (Lipinski definition) is 2. The van der Waals surface area contributed by atoms with Gasteiger partial charge in [0.15, 0.2) is 23.0 Å². The lowest BCUT2D eigenvalue weighted by Gasteiger charge is -2.50. The molecule has 2 aromatic heterocycles. The number of ether oxygens (including phenoxy) is 1. The highest BCUT2D eigenvalue weighted by atomic mass is 19.1. The van der Waals surface area contributed by atoms with Crippen LogP contribution in [0, 0.1) is 11.6 Å². The molecule has 5 rings (SSSR count). The van der Waals surface area contributed by atoms with Crippen LogP contribution < -0.4 is 10.1 Å². The highest BCUT2D eigenvalue weighted by molar-refractivity contribution is 6.02. The van der Waals surface area contributed by atoms with E-state index in [2.05, 4.69) is 31.9 Å². The van der Waals surface area contributed by atoms with E-state index in [0.29, 0.717) is 31.5 Å². The third-order valence-corrected chi connectivity index (χ3v) is 7.05. The second kappa shape index (κ2) is 10.3. The van der Waals surface area contributed by atoms with Gasteiger partial charge in [-0.3, -0.25) is 9.59 Å². The molecule has 0 spiro atoms. The number of carbonyl (C=O) groups excluding carboxylic acids is 2. The molecule has 40 heavy (non-hydrogen) atoms. The standard InChI is InChI=1S/C26H28F2N8O4/c1-16(23(37)33-20-12-30-22(13-29-20)40-19-5-4-17(27)10-18(19)28)34-8-9-35(25(2,3)14-34)24(38)26(39)6-7-36-21(11-26)31-15-32-36/h4-5,10,12-13,15,39H,1,6-9,11,14H2,2-3H3,(H,29,33,37)/t26-/m1/s1. The molecule has 0 radical (unpaired) electrons. The maximum absolute atomic E-state index is 13.8. The molecule has 0 bridgehead atoms. The quantitative estimate of drug-likeness (QED) is 0.438. The summed E-state index contributed by atoms with van der Waals surface area (Å²) in [4.78, 5) is 42.0. The van der Waals surface area contributed by atoms with Crippen LogP contribution in [0.3, 0.4) is 0 Å². The molecule has 14 heteroatoms. The summed E-state index contributed by atoms with van der Waals surface area (Å²) in [6.07, 6.45) is 4.15. The lowest BCUT2D eigenvalue weighted by atomic mass is 9.87. The third-order valence-electron chi connectivity index (χ3n) is 7.05. The maximum Gasteiger partial charge on any atom is 0.272 e. The third kappa shape index (κ3) is 5.34. The molecule has 1 aromatic carbocycles. The van der Waals surface area contributed by atoms with Crippen LogP contribution >= 0.6 is 0 Å². The van der Waals surface area contributed by atoms with Gasteiger partial charge in [-0.2, -0.15) is 5.10 Å². The van der Waals surface area contributed by atoms with Crippen molar-refractivity contribution in [3.05, 3.63) is 66.7 Å². The summed E-state index contributed by atoms with van der Waals surface area (Å²) in [5.41, 5.74) is -2.12. The first-order valence-electron chi connectivity index (χ1n) is 12.6. The largest absolute Gasteiger partial charge is 0.434 e. The highest BCUT2D eigenvalue weighted by Crippen LogP contribution is 2.31. The van der Waals surface area contributed by atoms with Crippen molar-refractivity contribution in [2.75, 3.05) is 25.0 Å². The minimum absolute atomic E-state index is 0.0512. The zero-order valence-electron chi connectivity index (χ0n) is 22.0. The van der Waals surface area contributed by atoms with Gasteiger partial charge in [-0.25, -0.2) is 28.4 Å². The Morgan fingerprint density at radius 2 is 1.93 bits per heavy atom. The van der Waals surface area contributed by atoms with E-state index in [1.807, 2.05) is 13.8 Å². The molecule has 2 N–H and O–H groups in total. The smallest absolute Gasteiger partial charge is 0.272 e. The Morgan fingerprint density at radius 3 is 2.62 bits per heavy atom. The highest BCUT2D eigenvalue weighted by Gasteiger charge is 2.48. The summed E-state index contributed by atoms with van der Waals surface area (Å²) >= 11 is 0. The van der Waals surface area contributed by atoms with Crippen LogP contribution in [0.15, 0.2) is 49.2 Å². The first-order chi connectivity index (χ1) is 18.9. The predicted molar refractivity (Wildman–Crippen MR) is 137 cm³/mol. The summed E-state index contributed by atoms with van der Waals surface area (Å²) in [7, 11) is 0. The van der Waals surface area contributed by atoms with Crippen LogP contribution in [0.2, 0.25) is 0 Å². The van der Waals surface area contributed by atoms with Gasteiger partial charge in [0.25, 0.3) is 11.8 Å². The lowest BCUT2D eigenvalue weighted by molar-refractivity contribution is -0.162. The van der Waals surface area contributed by atoms with Crippen molar-refractivity contribution in [1.82, 2.24) is 34.5 Å². The van der Waals surface area contributed by atoms with Crippen molar-refractivity contribution < 1.29 is 28.2 Å². The van der Waals surface area contributed by atoms with E-state index in [0.717, 1.165) is 12.1 Å². The van der Waals surface area contributed by atoms with Crippen molar-refractivity contribution in [2.24, 2.45) is 0 Å². The van der Waals surface area contributed by atoms with E-state index in [1.165, 1.54) is 18.7 Å². The molecule has 0 aliphatic carbocycles. The van der Waals surface area contributed by atoms with Gasteiger partial charge in [-0.05, 0) is 26.0 Å². The number of aromatic nitrogens is 5. The number of piperazine rings is 1. The predicted octanol–water partition coefficient (Wildman–Crippen LogP) is 1.89. The number of carbonyl (C=O) groups is 2. The second-order valence-electron chi connectivity index (χ2n) is 10.4. The number of anilines is 1. The van der Waals surface area contributed by atoms with Gasteiger partial charge in [0.2, 0.25) is 5.88 Å². The topological polar surface area (TPSA) is 139 Å². The fraction of sp³-hybridized carbons (Fsp3) is 0.385. The molecule has 2 aliphatic rings. The number of amides is 2. The van der Waals surface area contributed by atoms with Crippen molar-refractivity contribution in [3.8, 4) is 11.6 Å². The SMILES string of the molecule is C=C(C(=O)Nc1cnc(Oc2ccc(F)cc2F)cn1)N1CCN(C(=O)[C@@]2(O)CCn3ncnc3C2)C(C)(C)C1. The van der Waals surface area contributed by atoms with E-state index in [9.17, 15) is 23.5 Å². The number of nitrogens with zero attached hydrogens (tertiary/aromatic N) is 7. The number of halogens is 2. The normalized spacial score (nSPS) is 20.0. The second-order valence-corrected chi connectivity index (χ2v) is 10.4. The summed E-state index contributed by atoms with van der Waals surface area (Å²) in [5, 5.41) is 17.9. The number of fused-ring (bicyclic) bond motifs is 1. The van der Waals surface area contributed by atoms with Crippen LogP contribution in [-0.4, -0.2) is 82.2 Å². The molecule has 2 amide bonds. The van der Waals surface area contributed by atoms with Crippen molar-refractivity contribution in [1.29, 1.82) is 0 Å². The molecule has 0 unspecified atom stereocenters. The van der Waals surface area contributed by atoms with Crippen LogP contribution in [0.5, 0.6) is 11.6 Å². The Balaban J connectivity index is 1.18. The van der Waals surface area contributed by atoms with Crippen LogP contribution in [0.25, 0.3) is 0 Å². The average Bonchev–Trinajstić information content (AvgIpc) is 3.37. The number of rotatable bonds is 6. The molecule has 0 saturated carbocycles. The van der Waals surface area contributed by atoms with Gasteiger partial charge in [-0.1, -0.05) is 6.58 Å². The summed E-state index contributed by atoms with van der Waals surface area (Å²) in [6.45, 7) is 8.96. The summed E-state index contributed by atoms with van der Waals surface area (Å²) < 4.78 is 33.8. The van der Waals surface area contributed by atoms with Crippen molar-refractivity contribution in [3.63, 3.8) is 0 Å². The fourth-order valence-electron chi connectivity index (χ4n) is 4.88. The molecule has 3 aromatic rings. The maximum atomic E-state index is 13.8. The molecule has 1 saturated heterocycles. The minimum Gasteiger partial charge on any atom is -0.434 e. The molecule has 1 fully saturated rings. The molecule has 4 heterocycles. The number of nitrogens with one attached hydrogen (secondary N) is 1. The van der Waals surface area contributed by atoms with Gasteiger partial charge in [0.05, 0.1) is 23.6 Å². The van der Waals surface area contributed by atoms with E-state index >= 15 is 0 Å². The molecule has 1 atom stereocenters. The Morgan fingerprint density at radius 1 is 1.12 bits per heavy atom. The van der Waals surface area contributed by atoms with Gasteiger partial charge in [0, 0.05) is 45.1 Å². The van der Waals surface area contributed by atoms with Crippen LogP contribution in [0.4, 0.5) is 14.6 Å². The average molecular weight is 555 g/mol. The number of hydrogen-bond acceptors (Lipinski definition) is 9. The van der Waals surface area contributed by atoms with Crippen LogP contribution in [0.1, 0.15) is 26.1 Å². The summed E-state index contributed by atoms with van der Waals surface area (Å²) in [6, 6.07) is 2.86. The van der Waals surface area contributed by atoms with Gasteiger partial charge < -0.3 is 25.0 Å². The van der Waals surface area contributed by atoms with Crippen molar-refractivity contribution >= 4 is 17.6 Å². The molecular weight excluding hydrogens is 526 g/mol. The van der Waals surface area contributed by atoms with Crippen molar-refractivity contribution in [2.45, 2.75) is 44.4 Å². The van der Waals surface area contributed by atoms with E-state index < -0.39 is 28.7 Å². The Kier molecular flexibility index (Phi) is 6.96. The van der Waals surface area contributed by atoms with Gasteiger partial charge >= 0.3 is 0 Å². The lowest BCUT2D eigenvalue weighted by Crippen LogP contribution is -2.66. The number of aryl methyl sites for hydroxylation is 1. The van der Waals surface area contributed by atoms with E-state index in [1.54, 1.807) is 14.5 Å². The minimum atomic E-state index is -1.58.